The summed E-state index contributed by atoms with van der Waals surface area (Å²) in [5.41, 5.74) is 0.896. The van der Waals surface area contributed by atoms with Crippen LogP contribution >= 0.6 is 0 Å². The second-order valence-corrected chi connectivity index (χ2v) is 3.74. The molecule has 0 amide bonds. The molecule has 0 spiro atoms. The molecule has 1 aromatic rings. The molecule has 2 rings (SSSR count). The maximum absolute atomic E-state index is 5.85. The van der Waals surface area contributed by atoms with Gasteiger partial charge in [0.25, 0.3) is 0 Å². The van der Waals surface area contributed by atoms with Gasteiger partial charge in [-0.15, -0.1) is 6.42 Å². The zero-order chi connectivity index (χ0) is 10.5. The third kappa shape index (κ3) is 2.74. The number of benzene rings is 1. The average Bonchev–Trinajstić information content (AvgIpc) is 2.31. The molecule has 0 radical (unpaired) electrons. The van der Waals surface area contributed by atoms with Crippen molar-refractivity contribution < 1.29 is 4.74 Å². The van der Waals surface area contributed by atoms with E-state index in [9.17, 15) is 0 Å². The summed E-state index contributed by atoms with van der Waals surface area (Å²) in [6, 6.07) is 7.71. The van der Waals surface area contributed by atoms with Crippen LogP contribution in [0.15, 0.2) is 24.3 Å². The van der Waals surface area contributed by atoms with Crippen molar-refractivity contribution in [2.45, 2.75) is 18.9 Å². The fraction of sp³-hybridized carbons (Fsp3) is 0.385. The highest BCUT2D eigenvalue weighted by Gasteiger charge is 2.13. The number of hydrogen-bond acceptors (Lipinski definition) is 2. The number of piperidine rings is 1. The largest absolute Gasteiger partial charge is 0.490 e. The minimum atomic E-state index is 0.350. The normalized spacial score (nSPS) is 17.0. The lowest BCUT2D eigenvalue weighted by atomic mass is 10.1. The van der Waals surface area contributed by atoms with E-state index < -0.39 is 0 Å². The Morgan fingerprint density at radius 2 is 1.87 bits per heavy atom. The maximum Gasteiger partial charge on any atom is 0.119 e. The van der Waals surface area contributed by atoms with Gasteiger partial charge in [-0.05, 0) is 50.2 Å². The molecule has 2 nitrogen and oxygen atoms in total. The first kappa shape index (κ1) is 10.1. The van der Waals surface area contributed by atoms with Crippen molar-refractivity contribution >= 4 is 0 Å². The highest BCUT2D eigenvalue weighted by Crippen LogP contribution is 2.16. The minimum absolute atomic E-state index is 0.350. The van der Waals surface area contributed by atoms with Gasteiger partial charge >= 0.3 is 0 Å². The first-order valence-corrected chi connectivity index (χ1v) is 5.32. The number of terminal acetylenes is 1. The number of rotatable bonds is 2. The predicted molar refractivity (Wildman–Crippen MR) is 60.9 cm³/mol. The van der Waals surface area contributed by atoms with E-state index in [1.165, 1.54) is 0 Å². The average molecular weight is 201 g/mol. The van der Waals surface area contributed by atoms with E-state index in [2.05, 4.69) is 11.2 Å². The molecule has 1 heterocycles. The molecule has 1 aliphatic rings. The van der Waals surface area contributed by atoms with Gasteiger partial charge in [0, 0.05) is 5.56 Å². The number of ether oxygens (including phenoxy) is 1. The summed E-state index contributed by atoms with van der Waals surface area (Å²) in [4.78, 5) is 0. The Morgan fingerprint density at radius 3 is 2.47 bits per heavy atom. The topological polar surface area (TPSA) is 21.3 Å². The molecule has 1 aromatic carbocycles. The number of nitrogens with one attached hydrogen (secondary N) is 1. The Bertz CT molecular complexity index is 344. The van der Waals surface area contributed by atoms with Crippen LogP contribution in [0.3, 0.4) is 0 Å². The summed E-state index contributed by atoms with van der Waals surface area (Å²) in [6.45, 7) is 2.10. The molecule has 1 aliphatic heterocycles. The Kier molecular flexibility index (Phi) is 3.26. The molecule has 0 saturated carbocycles. The lowest BCUT2D eigenvalue weighted by molar-refractivity contribution is 0.162. The van der Waals surface area contributed by atoms with Gasteiger partial charge < -0.3 is 10.1 Å². The molecule has 1 N–H and O–H groups in total. The number of hydrogen-bond donors (Lipinski definition) is 1. The van der Waals surface area contributed by atoms with E-state index in [1.807, 2.05) is 24.3 Å². The Balaban J connectivity index is 1.95. The van der Waals surface area contributed by atoms with Gasteiger partial charge in [-0.3, -0.25) is 0 Å². The Hall–Kier alpha value is -1.46. The van der Waals surface area contributed by atoms with Crippen molar-refractivity contribution in [1.29, 1.82) is 0 Å². The molecule has 0 bridgehead atoms. The monoisotopic (exact) mass is 201 g/mol. The molecule has 0 unspecified atom stereocenters. The molecule has 0 aromatic heterocycles. The van der Waals surface area contributed by atoms with Crippen LogP contribution in [0.25, 0.3) is 0 Å². The van der Waals surface area contributed by atoms with Gasteiger partial charge in [-0.1, -0.05) is 5.92 Å². The van der Waals surface area contributed by atoms with Crippen molar-refractivity contribution in [2.75, 3.05) is 13.1 Å². The second kappa shape index (κ2) is 4.86. The van der Waals surface area contributed by atoms with Crippen molar-refractivity contribution in [3.8, 4) is 18.1 Å². The van der Waals surface area contributed by atoms with Crippen LogP contribution in [-0.4, -0.2) is 19.2 Å². The third-order valence-corrected chi connectivity index (χ3v) is 2.61. The van der Waals surface area contributed by atoms with E-state index in [1.54, 1.807) is 0 Å². The van der Waals surface area contributed by atoms with Gasteiger partial charge in [0.15, 0.2) is 0 Å². The van der Waals surface area contributed by atoms with Crippen molar-refractivity contribution in [3.05, 3.63) is 29.8 Å². The van der Waals surface area contributed by atoms with Crippen molar-refractivity contribution in [1.82, 2.24) is 5.32 Å². The van der Waals surface area contributed by atoms with E-state index in [-0.39, 0.29) is 0 Å². The van der Waals surface area contributed by atoms with Crippen LogP contribution in [0.1, 0.15) is 18.4 Å². The highest BCUT2D eigenvalue weighted by atomic mass is 16.5. The minimum Gasteiger partial charge on any atom is -0.490 e. The van der Waals surface area contributed by atoms with Gasteiger partial charge in [0.2, 0.25) is 0 Å². The first-order chi connectivity index (χ1) is 7.38. The highest BCUT2D eigenvalue weighted by molar-refractivity contribution is 5.36. The van der Waals surface area contributed by atoms with Crippen LogP contribution in [-0.2, 0) is 0 Å². The summed E-state index contributed by atoms with van der Waals surface area (Å²) in [5.74, 6) is 3.51. The standard InChI is InChI=1S/C13H15NO/c1-2-11-3-5-12(6-4-11)15-13-7-9-14-10-8-13/h1,3-6,13-14H,7-10H2. The smallest absolute Gasteiger partial charge is 0.119 e. The van der Waals surface area contributed by atoms with Crippen LogP contribution in [0, 0.1) is 12.3 Å². The van der Waals surface area contributed by atoms with Crippen molar-refractivity contribution in [3.63, 3.8) is 0 Å². The third-order valence-electron chi connectivity index (χ3n) is 2.61. The molecule has 2 heteroatoms. The summed E-state index contributed by atoms with van der Waals surface area (Å²) >= 11 is 0. The molecule has 0 atom stereocenters. The maximum atomic E-state index is 5.85. The lowest BCUT2D eigenvalue weighted by Gasteiger charge is -2.23. The summed E-state index contributed by atoms with van der Waals surface area (Å²) in [5, 5.41) is 3.31. The summed E-state index contributed by atoms with van der Waals surface area (Å²) in [7, 11) is 0. The Morgan fingerprint density at radius 1 is 1.20 bits per heavy atom. The molecular weight excluding hydrogens is 186 g/mol. The van der Waals surface area contributed by atoms with Crippen molar-refractivity contribution in [2.24, 2.45) is 0 Å². The SMILES string of the molecule is C#Cc1ccc(OC2CCNCC2)cc1. The second-order valence-electron chi connectivity index (χ2n) is 3.74. The van der Waals surface area contributed by atoms with E-state index in [0.717, 1.165) is 37.2 Å². The molecule has 0 aliphatic carbocycles. The van der Waals surface area contributed by atoms with E-state index in [0.29, 0.717) is 6.10 Å². The van der Waals surface area contributed by atoms with Crippen LogP contribution < -0.4 is 10.1 Å². The Labute approximate surface area is 90.6 Å². The zero-order valence-corrected chi connectivity index (χ0v) is 8.70. The quantitative estimate of drug-likeness (QED) is 0.737. The fourth-order valence-corrected chi connectivity index (χ4v) is 1.74. The molecular formula is C13H15NO. The first-order valence-electron chi connectivity index (χ1n) is 5.32. The van der Waals surface area contributed by atoms with E-state index >= 15 is 0 Å². The lowest BCUT2D eigenvalue weighted by Crippen LogP contribution is -2.34. The molecule has 1 fully saturated rings. The van der Waals surface area contributed by atoms with Gasteiger partial charge in [-0.25, -0.2) is 0 Å². The van der Waals surface area contributed by atoms with Crippen LogP contribution in [0.4, 0.5) is 0 Å². The summed E-state index contributed by atoms with van der Waals surface area (Å²) < 4.78 is 5.85. The molecule has 15 heavy (non-hydrogen) atoms. The predicted octanol–water partition coefficient (Wildman–Crippen LogP) is 1.80. The van der Waals surface area contributed by atoms with Gasteiger partial charge in [0.05, 0.1) is 0 Å². The zero-order valence-electron chi connectivity index (χ0n) is 8.70. The van der Waals surface area contributed by atoms with Crippen LogP contribution in [0.2, 0.25) is 0 Å². The summed E-state index contributed by atoms with van der Waals surface area (Å²) in [6.07, 6.45) is 7.80. The van der Waals surface area contributed by atoms with Gasteiger partial charge in [-0.2, -0.15) is 0 Å². The molecule has 1 saturated heterocycles. The van der Waals surface area contributed by atoms with Crippen LogP contribution in [0.5, 0.6) is 5.75 Å². The van der Waals surface area contributed by atoms with E-state index in [4.69, 9.17) is 11.2 Å². The fourth-order valence-electron chi connectivity index (χ4n) is 1.74. The molecule has 78 valence electrons. The van der Waals surface area contributed by atoms with Gasteiger partial charge in [0.1, 0.15) is 11.9 Å².